The van der Waals surface area contributed by atoms with Gasteiger partial charge in [-0.15, -0.1) is 0 Å². The standard InChI is InChI=1S/C19H23ClN2O/c1-5-7-8-14(6-2)17-13-21-22(3)18(17)19(23-4)15-9-11-16(20)12-10-15/h5,7-13,19H,6H2,1-4H3/b7-5+,14-8+. The summed E-state index contributed by atoms with van der Waals surface area (Å²) in [5.41, 5.74) is 4.47. The van der Waals surface area contributed by atoms with Gasteiger partial charge in [0.15, 0.2) is 0 Å². The van der Waals surface area contributed by atoms with Gasteiger partial charge in [-0.3, -0.25) is 4.68 Å². The zero-order chi connectivity index (χ0) is 16.8. The molecule has 2 rings (SSSR count). The van der Waals surface area contributed by atoms with Crippen LogP contribution in [0.5, 0.6) is 0 Å². The summed E-state index contributed by atoms with van der Waals surface area (Å²) < 4.78 is 7.68. The fourth-order valence-electron chi connectivity index (χ4n) is 2.66. The predicted molar refractivity (Wildman–Crippen MR) is 96.6 cm³/mol. The molecule has 0 saturated heterocycles. The van der Waals surface area contributed by atoms with Crippen LogP contribution in [0.15, 0.2) is 48.7 Å². The molecule has 0 radical (unpaired) electrons. The summed E-state index contributed by atoms with van der Waals surface area (Å²) in [4.78, 5) is 0. The Bertz CT molecular complexity index is 699. The normalized spacial score (nSPS) is 13.7. The smallest absolute Gasteiger partial charge is 0.124 e. The number of ether oxygens (including phenoxy) is 1. The molecule has 23 heavy (non-hydrogen) atoms. The van der Waals surface area contributed by atoms with Gasteiger partial charge in [0.25, 0.3) is 0 Å². The van der Waals surface area contributed by atoms with Crippen molar-refractivity contribution in [2.75, 3.05) is 7.11 Å². The van der Waals surface area contributed by atoms with Crippen molar-refractivity contribution in [3.8, 4) is 0 Å². The van der Waals surface area contributed by atoms with Crippen molar-refractivity contribution in [3.05, 3.63) is 70.5 Å². The molecule has 0 fully saturated rings. The van der Waals surface area contributed by atoms with E-state index in [0.717, 1.165) is 28.3 Å². The van der Waals surface area contributed by atoms with Crippen molar-refractivity contribution < 1.29 is 4.74 Å². The lowest BCUT2D eigenvalue weighted by atomic mass is 9.97. The van der Waals surface area contributed by atoms with Gasteiger partial charge < -0.3 is 4.74 Å². The zero-order valence-corrected chi connectivity index (χ0v) is 14.8. The Morgan fingerprint density at radius 2 is 2.04 bits per heavy atom. The van der Waals surface area contributed by atoms with Gasteiger partial charge in [0, 0.05) is 24.7 Å². The van der Waals surface area contributed by atoms with E-state index in [4.69, 9.17) is 16.3 Å². The van der Waals surface area contributed by atoms with E-state index >= 15 is 0 Å². The number of nitrogens with zero attached hydrogens (tertiary/aromatic N) is 2. The molecule has 0 spiro atoms. The zero-order valence-electron chi connectivity index (χ0n) is 14.1. The number of halogens is 1. The molecule has 2 aromatic rings. The molecular formula is C19H23ClN2O. The van der Waals surface area contributed by atoms with Crippen LogP contribution in [0.3, 0.4) is 0 Å². The van der Waals surface area contributed by atoms with E-state index in [1.165, 1.54) is 5.57 Å². The minimum atomic E-state index is -0.185. The molecule has 0 saturated carbocycles. The van der Waals surface area contributed by atoms with E-state index in [1.807, 2.05) is 55.2 Å². The molecule has 0 bridgehead atoms. The van der Waals surface area contributed by atoms with E-state index in [2.05, 4.69) is 24.2 Å². The van der Waals surface area contributed by atoms with Crippen LogP contribution in [0.25, 0.3) is 5.57 Å². The summed E-state index contributed by atoms with van der Waals surface area (Å²) in [7, 11) is 3.67. The molecule has 1 aromatic carbocycles. The molecule has 0 aliphatic carbocycles. The number of allylic oxidation sites excluding steroid dienone is 4. The van der Waals surface area contributed by atoms with Crippen LogP contribution in [0.4, 0.5) is 0 Å². The molecular weight excluding hydrogens is 308 g/mol. The molecule has 0 N–H and O–H groups in total. The molecule has 3 nitrogen and oxygen atoms in total. The second-order valence-corrected chi connectivity index (χ2v) is 5.74. The van der Waals surface area contributed by atoms with Gasteiger partial charge in [0.1, 0.15) is 6.10 Å². The fraction of sp³-hybridized carbons (Fsp3) is 0.316. The third-order valence-electron chi connectivity index (χ3n) is 3.86. The molecule has 1 heterocycles. The van der Waals surface area contributed by atoms with E-state index in [9.17, 15) is 0 Å². The first-order chi connectivity index (χ1) is 11.1. The lowest BCUT2D eigenvalue weighted by Gasteiger charge is -2.19. The van der Waals surface area contributed by atoms with Gasteiger partial charge >= 0.3 is 0 Å². The summed E-state index contributed by atoms with van der Waals surface area (Å²) in [6.45, 7) is 4.16. The third kappa shape index (κ3) is 3.92. The van der Waals surface area contributed by atoms with E-state index < -0.39 is 0 Å². The SMILES string of the molecule is C/C=C/C=C(\CC)c1cnn(C)c1C(OC)c1ccc(Cl)cc1. The van der Waals surface area contributed by atoms with Crippen molar-refractivity contribution in [2.24, 2.45) is 7.05 Å². The first-order valence-corrected chi connectivity index (χ1v) is 8.12. The van der Waals surface area contributed by atoms with E-state index in [-0.39, 0.29) is 6.10 Å². The Labute approximate surface area is 143 Å². The van der Waals surface area contributed by atoms with Crippen LogP contribution in [0.2, 0.25) is 5.02 Å². The lowest BCUT2D eigenvalue weighted by molar-refractivity contribution is 0.129. The highest BCUT2D eigenvalue weighted by Gasteiger charge is 2.22. The Hall–Kier alpha value is -1.84. The van der Waals surface area contributed by atoms with Gasteiger partial charge in [-0.05, 0) is 36.6 Å². The van der Waals surface area contributed by atoms with Gasteiger partial charge in [-0.1, -0.05) is 48.9 Å². The van der Waals surface area contributed by atoms with Gasteiger partial charge in [-0.2, -0.15) is 5.10 Å². The predicted octanol–water partition coefficient (Wildman–Crippen LogP) is 5.18. The molecule has 1 aromatic heterocycles. The lowest BCUT2D eigenvalue weighted by Crippen LogP contribution is -2.11. The van der Waals surface area contributed by atoms with Crippen LogP contribution < -0.4 is 0 Å². The van der Waals surface area contributed by atoms with Crippen molar-refractivity contribution in [3.63, 3.8) is 0 Å². The van der Waals surface area contributed by atoms with Gasteiger partial charge in [0.2, 0.25) is 0 Å². The van der Waals surface area contributed by atoms with Crippen LogP contribution in [-0.4, -0.2) is 16.9 Å². The van der Waals surface area contributed by atoms with E-state index in [1.54, 1.807) is 7.11 Å². The quantitative estimate of drug-likeness (QED) is 0.682. The monoisotopic (exact) mass is 330 g/mol. The number of benzene rings is 1. The Morgan fingerprint density at radius 1 is 1.35 bits per heavy atom. The first kappa shape index (κ1) is 17.5. The topological polar surface area (TPSA) is 27.1 Å². The van der Waals surface area contributed by atoms with Crippen LogP contribution in [-0.2, 0) is 11.8 Å². The maximum atomic E-state index is 6.00. The van der Waals surface area contributed by atoms with Gasteiger partial charge in [-0.25, -0.2) is 0 Å². The summed E-state index contributed by atoms with van der Waals surface area (Å²) in [5, 5.41) is 5.17. The van der Waals surface area contributed by atoms with Crippen molar-refractivity contribution >= 4 is 17.2 Å². The molecule has 0 amide bonds. The maximum absolute atomic E-state index is 6.00. The second kappa shape index (κ2) is 8.14. The summed E-state index contributed by atoms with van der Waals surface area (Å²) >= 11 is 6.00. The third-order valence-corrected chi connectivity index (χ3v) is 4.11. The average molecular weight is 331 g/mol. The highest BCUT2D eigenvalue weighted by molar-refractivity contribution is 6.30. The van der Waals surface area contributed by atoms with Gasteiger partial charge in [0.05, 0.1) is 11.9 Å². The molecule has 4 heteroatoms. The Morgan fingerprint density at radius 3 is 2.61 bits per heavy atom. The number of rotatable bonds is 6. The molecule has 0 aliphatic heterocycles. The molecule has 1 unspecified atom stereocenters. The van der Waals surface area contributed by atoms with Crippen LogP contribution in [0.1, 0.15) is 43.2 Å². The average Bonchev–Trinajstić information content (AvgIpc) is 2.93. The number of aryl methyl sites for hydroxylation is 1. The maximum Gasteiger partial charge on any atom is 0.124 e. The number of methoxy groups -OCH3 is 1. The largest absolute Gasteiger partial charge is 0.370 e. The fourth-order valence-corrected chi connectivity index (χ4v) is 2.78. The molecule has 122 valence electrons. The summed E-state index contributed by atoms with van der Waals surface area (Å²) in [6.07, 6.45) is 8.87. The Balaban J connectivity index is 2.52. The summed E-state index contributed by atoms with van der Waals surface area (Å²) in [6, 6.07) is 7.76. The molecule has 0 aliphatic rings. The van der Waals surface area contributed by atoms with Crippen LogP contribution in [0, 0.1) is 0 Å². The minimum absolute atomic E-state index is 0.185. The van der Waals surface area contributed by atoms with Crippen LogP contribution >= 0.6 is 11.6 Å². The van der Waals surface area contributed by atoms with Crippen molar-refractivity contribution in [1.29, 1.82) is 0 Å². The first-order valence-electron chi connectivity index (χ1n) is 7.74. The number of hydrogen-bond donors (Lipinski definition) is 0. The summed E-state index contributed by atoms with van der Waals surface area (Å²) in [5.74, 6) is 0. The second-order valence-electron chi connectivity index (χ2n) is 5.31. The Kier molecular flexibility index (Phi) is 6.20. The highest BCUT2D eigenvalue weighted by atomic mass is 35.5. The van der Waals surface area contributed by atoms with Crippen molar-refractivity contribution in [2.45, 2.75) is 26.4 Å². The van der Waals surface area contributed by atoms with E-state index in [0.29, 0.717) is 0 Å². The molecule has 1 atom stereocenters. The number of aromatic nitrogens is 2. The minimum Gasteiger partial charge on any atom is -0.370 e. The van der Waals surface area contributed by atoms with Crippen molar-refractivity contribution in [1.82, 2.24) is 9.78 Å². The highest BCUT2D eigenvalue weighted by Crippen LogP contribution is 2.33. The number of hydrogen-bond acceptors (Lipinski definition) is 2.